The molecule has 2 rings (SSSR count). The minimum absolute atomic E-state index is 0. The molecule has 17 heavy (non-hydrogen) atoms. The van der Waals surface area contributed by atoms with Crippen LogP contribution < -0.4 is 0 Å². The lowest BCUT2D eigenvalue weighted by molar-refractivity contribution is -0.145. The number of imidazole rings is 1. The first-order valence-corrected chi connectivity index (χ1v) is 4.29. The van der Waals surface area contributed by atoms with Gasteiger partial charge in [-0.05, 0) is 12.1 Å². The van der Waals surface area contributed by atoms with E-state index < -0.39 is 12.0 Å². The Morgan fingerprint density at radius 3 is 2.53 bits per heavy atom. The number of fused-ring (bicyclic) bond motifs is 1. The summed E-state index contributed by atoms with van der Waals surface area (Å²) in [4.78, 5) is 13.6. The third-order valence-corrected chi connectivity index (χ3v) is 2.03. The van der Waals surface area contributed by atoms with Gasteiger partial charge in [-0.3, -0.25) is 4.57 Å². The minimum Gasteiger partial charge on any atom is -0.285 e. The molecule has 90 valence electrons. The molecule has 0 unspecified atom stereocenters. The minimum atomic E-state index is -4.60. The van der Waals surface area contributed by atoms with Crippen molar-refractivity contribution in [1.82, 2.24) is 9.55 Å². The Morgan fingerprint density at radius 2 is 1.94 bits per heavy atom. The van der Waals surface area contributed by atoms with Crippen LogP contribution in [0.1, 0.15) is 5.82 Å². The van der Waals surface area contributed by atoms with Gasteiger partial charge in [-0.25, -0.2) is 9.78 Å². The molecule has 7 heteroatoms. The normalized spacial score (nSPS) is 10.8. The van der Waals surface area contributed by atoms with E-state index in [1.807, 2.05) is 0 Å². The van der Waals surface area contributed by atoms with Gasteiger partial charge in [0.2, 0.25) is 5.82 Å². The molecule has 0 N–H and O–H groups in total. The van der Waals surface area contributed by atoms with E-state index in [4.69, 9.17) is 0 Å². The maximum atomic E-state index is 12.6. The highest BCUT2D eigenvalue weighted by Gasteiger charge is 2.37. The van der Waals surface area contributed by atoms with Crippen molar-refractivity contribution >= 4 is 35.6 Å². The molecule has 2 aromatic rings. The zero-order valence-corrected chi connectivity index (χ0v) is 9.05. The summed E-state index contributed by atoms with van der Waals surface area (Å²) in [5.74, 6) is 0.195. The van der Waals surface area contributed by atoms with Crippen LogP contribution in [0.5, 0.6) is 0 Å². The summed E-state index contributed by atoms with van der Waals surface area (Å²) in [5, 5.41) is 0. The fourth-order valence-electron chi connectivity index (χ4n) is 1.43. The molecular formula is C10H6ClF3N2O. The Bertz CT molecular complexity index is 585. The number of halogens is 4. The van der Waals surface area contributed by atoms with E-state index >= 15 is 0 Å². The molecule has 3 nitrogen and oxygen atoms in total. The van der Waals surface area contributed by atoms with Gasteiger partial charge in [-0.2, -0.15) is 13.2 Å². The highest BCUT2D eigenvalue weighted by Crippen LogP contribution is 2.31. The van der Waals surface area contributed by atoms with Crippen molar-refractivity contribution in [3.63, 3.8) is 0 Å². The van der Waals surface area contributed by atoms with Crippen LogP contribution >= 0.6 is 12.4 Å². The number of hydrogen-bond acceptors (Lipinski definition) is 2. The first-order valence-electron chi connectivity index (χ1n) is 4.29. The van der Waals surface area contributed by atoms with E-state index in [1.165, 1.54) is 18.1 Å². The molecule has 0 aliphatic carbocycles. The predicted octanol–water partition coefficient (Wildman–Crippen LogP) is 2.78. The van der Waals surface area contributed by atoms with Gasteiger partial charge in [0, 0.05) is 0 Å². The van der Waals surface area contributed by atoms with E-state index in [9.17, 15) is 18.0 Å². The number of carbonyl (C=O) groups excluding carboxylic acids is 1. The summed E-state index contributed by atoms with van der Waals surface area (Å²) < 4.78 is 38.4. The van der Waals surface area contributed by atoms with Crippen molar-refractivity contribution in [2.45, 2.75) is 6.18 Å². The second-order valence-corrected chi connectivity index (χ2v) is 3.04. The molecule has 1 heterocycles. The molecule has 0 saturated heterocycles. The molecule has 0 fully saturated rings. The standard InChI is InChI=1S/C10H5F3N2O.ClH/c11-10(12,13)9-14-7-3-1-2-4-8(7)15(9)5-6-16;/h1-5H;1H. The smallest absolute Gasteiger partial charge is 0.285 e. The number of benzene rings is 1. The van der Waals surface area contributed by atoms with Crippen LogP contribution in [0.4, 0.5) is 13.2 Å². The van der Waals surface area contributed by atoms with E-state index in [0.29, 0.717) is 10.8 Å². The molecule has 0 spiro atoms. The SMILES string of the molecule is Cl.O=C=Cn1c(C(F)(F)F)nc2ccccc21. The van der Waals surface area contributed by atoms with Gasteiger partial charge in [0.1, 0.15) is 5.94 Å². The van der Waals surface area contributed by atoms with Crippen LogP contribution in [-0.2, 0) is 11.0 Å². The molecule has 0 radical (unpaired) electrons. The fraction of sp³-hybridized carbons (Fsp3) is 0.100. The summed E-state index contributed by atoms with van der Waals surface area (Å²) in [6, 6.07) is 6.04. The van der Waals surface area contributed by atoms with Gasteiger partial charge < -0.3 is 0 Å². The Labute approximate surface area is 100.0 Å². The Hall–Kier alpha value is -1.78. The molecule has 0 aliphatic rings. The third-order valence-electron chi connectivity index (χ3n) is 2.03. The number of nitrogens with zero attached hydrogens (tertiary/aromatic N) is 2. The summed E-state index contributed by atoms with van der Waals surface area (Å²) >= 11 is 0. The maximum absolute atomic E-state index is 12.6. The zero-order valence-electron chi connectivity index (χ0n) is 8.23. The monoisotopic (exact) mass is 262 g/mol. The predicted molar refractivity (Wildman–Crippen MR) is 58.4 cm³/mol. The van der Waals surface area contributed by atoms with Gasteiger partial charge in [0.05, 0.1) is 17.2 Å². The number of alkyl halides is 3. The van der Waals surface area contributed by atoms with Crippen LogP contribution in [0.15, 0.2) is 24.3 Å². The van der Waals surface area contributed by atoms with Crippen LogP contribution in [-0.4, -0.2) is 15.5 Å². The number of para-hydroxylation sites is 2. The van der Waals surface area contributed by atoms with Gasteiger partial charge in [0.25, 0.3) is 0 Å². The maximum Gasteiger partial charge on any atom is 0.450 e. The molecular weight excluding hydrogens is 257 g/mol. The molecule has 0 saturated carbocycles. The van der Waals surface area contributed by atoms with Crippen molar-refractivity contribution in [1.29, 1.82) is 0 Å². The molecule has 0 atom stereocenters. The molecule has 1 aromatic heterocycles. The second kappa shape index (κ2) is 4.61. The number of aromatic nitrogens is 2. The lowest BCUT2D eigenvalue weighted by atomic mass is 10.3. The first-order chi connectivity index (χ1) is 7.54. The summed E-state index contributed by atoms with van der Waals surface area (Å²) in [7, 11) is 0. The van der Waals surface area contributed by atoms with Crippen LogP contribution in [0.25, 0.3) is 17.2 Å². The van der Waals surface area contributed by atoms with Crippen LogP contribution in [0, 0.1) is 0 Å². The quantitative estimate of drug-likeness (QED) is 0.741. The highest BCUT2D eigenvalue weighted by atomic mass is 35.5. The topological polar surface area (TPSA) is 34.9 Å². The van der Waals surface area contributed by atoms with E-state index in [2.05, 4.69) is 4.98 Å². The van der Waals surface area contributed by atoms with Crippen molar-refractivity contribution in [3.05, 3.63) is 30.1 Å². The largest absolute Gasteiger partial charge is 0.450 e. The van der Waals surface area contributed by atoms with Crippen molar-refractivity contribution < 1.29 is 18.0 Å². The fourth-order valence-corrected chi connectivity index (χ4v) is 1.43. The average molecular weight is 263 g/mol. The van der Waals surface area contributed by atoms with Crippen molar-refractivity contribution in [3.8, 4) is 0 Å². The van der Waals surface area contributed by atoms with E-state index in [0.717, 1.165) is 0 Å². The van der Waals surface area contributed by atoms with Crippen LogP contribution in [0.3, 0.4) is 0 Å². The summed E-state index contributed by atoms with van der Waals surface area (Å²) in [6.45, 7) is 0. The lowest BCUT2D eigenvalue weighted by Gasteiger charge is -2.05. The Kier molecular flexibility index (Phi) is 3.60. The number of rotatable bonds is 1. The Morgan fingerprint density at radius 1 is 1.29 bits per heavy atom. The van der Waals surface area contributed by atoms with Crippen molar-refractivity contribution in [2.75, 3.05) is 0 Å². The zero-order chi connectivity index (χ0) is 11.8. The third kappa shape index (κ3) is 2.33. The van der Waals surface area contributed by atoms with Crippen molar-refractivity contribution in [2.24, 2.45) is 0 Å². The first kappa shape index (κ1) is 13.3. The van der Waals surface area contributed by atoms with E-state index in [1.54, 1.807) is 12.1 Å². The van der Waals surface area contributed by atoms with Gasteiger partial charge in [-0.1, -0.05) is 12.1 Å². The highest BCUT2D eigenvalue weighted by molar-refractivity contribution is 5.85. The number of hydrogen-bond donors (Lipinski definition) is 0. The average Bonchev–Trinajstić information content (AvgIpc) is 2.58. The summed E-state index contributed by atoms with van der Waals surface area (Å²) in [6.07, 6.45) is -3.93. The molecule has 1 aromatic carbocycles. The van der Waals surface area contributed by atoms with Gasteiger partial charge in [0.15, 0.2) is 0 Å². The van der Waals surface area contributed by atoms with Gasteiger partial charge in [-0.15, -0.1) is 12.4 Å². The Balaban J connectivity index is 0.00000144. The van der Waals surface area contributed by atoms with E-state index in [-0.39, 0.29) is 23.4 Å². The van der Waals surface area contributed by atoms with Gasteiger partial charge >= 0.3 is 6.18 Å². The lowest BCUT2D eigenvalue weighted by Crippen LogP contribution is -2.11. The van der Waals surface area contributed by atoms with Crippen LogP contribution in [0.2, 0.25) is 0 Å². The summed E-state index contributed by atoms with van der Waals surface area (Å²) in [5.41, 5.74) is 0.402. The molecule has 0 aliphatic heterocycles. The second-order valence-electron chi connectivity index (χ2n) is 3.04. The molecule has 0 bridgehead atoms. The molecule has 0 amide bonds.